The number of allylic oxidation sites excluding steroid dienone is 2. The molecule has 0 aliphatic carbocycles. The van der Waals surface area contributed by atoms with Crippen LogP contribution in [0, 0.1) is 0 Å². The van der Waals surface area contributed by atoms with Crippen LogP contribution in [0.25, 0.3) is 0 Å². The van der Waals surface area contributed by atoms with E-state index in [-0.39, 0.29) is 5.91 Å². The van der Waals surface area contributed by atoms with Gasteiger partial charge in [-0.15, -0.1) is 0 Å². The molecule has 0 aliphatic heterocycles. The second kappa shape index (κ2) is 33.0. The fourth-order valence-electron chi connectivity index (χ4n) is 6.04. The number of hydrogen-bond donors (Lipinski definition) is 3. The Labute approximate surface area is 280 Å². The number of carbonyl (C=O) groups excluding carboxylic acids is 1. The summed E-state index contributed by atoms with van der Waals surface area (Å²) in [6, 6.07) is -0.968. The van der Waals surface area contributed by atoms with Crippen molar-refractivity contribution in [2.45, 2.75) is 219 Å². The van der Waals surface area contributed by atoms with E-state index in [1.807, 2.05) is 0 Å². The summed E-state index contributed by atoms with van der Waals surface area (Å²) in [5.41, 5.74) is 0. The molecule has 0 aromatic rings. The van der Waals surface area contributed by atoms with Crippen LogP contribution in [-0.2, 0) is 14.9 Å². The molecule has 3 N–H and O–H groups in total. The van der Waals surface area contributed by atoms with E-state index >= 15 is 0 Å². The number of rotatable bonds is 35. The molecule has 0 aromatic carbocycles. The van der Waals surface area contributed by atoms with Gasteiger partial charge in [-0.05, 0) is 38.5 Å². The second-order valence-electron chi connectivity index (χ2n) is 13.6. The van der Waals surface area contributed by atoms with Crippen molar-refractivity contribution < 1.29 is 22.9 Å². The number of aliphatic hydroxyl groups excluding tert-OH is 1. The summed E-state index contributed by atoms with van der Waals surface area (Å²) >= 11 is 0. The molecular formula is C38H75NO5S. The lowest BCUT2D eigenvalue weighted by molar-refractivity contribution is -0.122. The van der Waals surface area contributed by atoms with Crippen molar-refractivity contribution in [3.05, 3.63) is 12.2 Å². The average Bonchev–Trinajstić information content (AvgIpc) is 3.00. The predicted molar refractivity (Wildman–Crippen MR) is 193 cm³/mol. The molecule has 1 amide bonds. The Kier molecular flexibility index (Phi) is 32.3. The van der Waals surface area contributed by atoms with Crippen LogP contribution in [0.15, 0.2) is 12.2 Å². The van der Waals surface area contributed by atoms with Crippen LogP contribution < -0.4 is 5.32 Å². The van der Waals surface area contributed by atoms with Gasteiger partial charge in [0.25, 0.3) is 10.1 Å². The van der Waals surface area contributed by atoms with E-state index in [4.69, 9.17) is 0 Å². The number of hydrogen-bond acceptors (Lipinski definition) is 4. The molecule has 0 bridgehead atoms. The first kappa shape index (κ1) is 44.1. The van der Waals surface area contributed by atoms with Gasteiger partial charge in [0.2, 0.25) is 5.91 Å². The molecule has 2 atom stereocenters. The lowest BCUT2D eigenvalue weighted by atomic mass is 10.0. The number of aliphatic hydroxyl groups is 1. The minimum absolute atomic E-state index is 0.249. The number of unbranched alkanes of at least 4 members (excludes halogenated alkanes) is 25. The zero-order valence-electron chi connectivity index (χ0n) is 29.8. The number of amides is 1. The van der Waals surface area contributed by atoms with Gasteiger partial charge in [0.05, 0.1) is 17.9 Å². The molecule has 0 spiro atoms. The van der Waals surface area contributed by atoms with Crippen LogP contribution in [0.2, 0.25) is 0 Å². The van der Waals surface area contributed by atoms with Gasteiger partial charge in [-0.2, -0.15) is 8.42 Å². The van der Waals surface area contributed by atoms with E-state index in [9.17, 15) is 22.9 Å². The van der Waals surface area contributed by atoms with Crippen LogP contribution in [0.3, 0.4) is 0 Å². The Morgan fingerprint density at radius 1 is 0.578 bits per heavy atom. The minimum Gasteiger partial charge on any atom is -0.391 e. The zero-order chi connectivity index (χ0) is 33.3. The van der Waals surface area contributed by atoms with E-state index < -0.39 is 28.0 Å². The highest BCUT2D eigenvalue weighted by Crippen LogP contribution is 2.15. The molecule has 45 heavy (non-hydrogen) atoms. The van der Waals surface area contributed by atoms with Crippen LogP contribution in [0.4, 0.5) is 0 Å². The largest absolute Gasteiger partial charge is 0.391 e. The molecule has 0 saturated heterocycles. The van der Waals surface area contributed by atoms with Gasteiger partial charge in [-0.3, -0.25) is 9.35 Å². The maximum Gasteiger partial charge on any atom is 0.266 e. The van der Waals surface area contributed by atoms with Crippen molar-refractivity contribution in [1.29, 1.82) is 0 Å². The van der Waals surface area contributed by atoms with E-state index in [1.165, 1.54) is 141 Å². The third kappa shape index (κ3) is 34.2. The molecule has 0 saturated carbocycles. The summed E-state index contributed by atoms with van der Waals surface area (Å²) in [4.78, 5) is 12.5. The predicted octanol–water partition coefficient (Wildman–Crippen LogP) is 11.0. The van der Waals surface area contributed by atoms with Crippen molar-refractivity contribution in [2.24, 2.45) is 0 Å². The summed E-state index contributed by atoms with van der Waals surface area (Å²) in [7, 11) is -4.30. The molecular weight excluding hydrogens is 582 g/mol. The SMILES string of the molecule is CCCCCCCC/C=C\CCCCCCCCCC(=O)NC(CS(=O)(=O)O)C(O)CCCCCCCCCCCCCCC. The second-order valence-corrected chi connectivity index (χ2v) is 15.1. The van der Waals surface area contributed by atoms with Gasteiger partial charge in [0.15, 0.2) is 0 Å². The first-order valence-corrected chi connectivity index (χ1v) is 21.0. The summed E-state index contributed by atoms with van der Waals surface area (Å²) in [5, 5.41) is 13.3. The number of carbonyl (C=O) groups is 1. The highest BCUT2D eigenvalue weighted by Gasteiger charge is 2.26. The third-order valence-electron chi connectivity index (χ3n) is 8.97. The molecule has 2 unspecified atom stereocenters. The van der Waals surface area contributed by atoms with Gasteiger partial charge >= 0.3 is 0 Å². The van der Waals surface area contributed by atoms with Crippen LogP contribution >= 0.6 is 0 Å². The standard InChI is InChI=1S/C38H75NO5S/c1-3-5-7-9-11-13-15-17-18-19-20-22-24-26-28-30-32-34-38(41)39-36(35-45(42,43)44)37(40)33-31-29-27-25-23-21-16-14-12-10-8-6-4-2/h17-18,36-37,40H,3-16,19-35H2,1-2H3,(H,39,41)(H,42,43,44)/b18-17-. The van der Waals surface area contributed by atoms with Gasteiger partial charge in [-0.25, -0.2) is 0 Å². The Morgan fingerprint density at radius 2 is 0.933 bits per heavy atom. The molecule has 0 rings (SSSR count). The normalized spacial score (nSPS) is 13.4. The van der Waals surface area contributed by atoms with E-state index in [2.05, 4.69) is 31.3 Å². The van der Waals surface area contributed by atoms with Gasteiger partial charge in [0.1, 0.15) is 0 Å². The maximum atomic E-state index is 12.5. The maximum absolute atomic E-state index is 12.5. The Morgan fingerprint density at radius 3 is 1.33 bits per heavy atom. The molecule has 0 aromatic heterocycles. The Hall–Kier alpha value is -0.920. The van der Waals surface area contributed by atoms with E-state index in [1.54, 1.807) is 0 Å². The van der Waals surface area contributed by atoms with Gasteiger partial charge in [-0.1, -0.05) is 174 Å². The van der Waals surface area contributed by atoms with Crippen molar-refractivity contribution in [3.63, 3.8) is 0 Å². The Balaban J connectivity index is 3.88. The summed E-state index contributed by atoms with van der Waals surface area (Å²) in [5.74, 6) is -0.895. The van der Waals surface area contributed by atoms with Crippen LogP contribution in [0.1, 0.15) is 206 Å². The topological polar surface area (TPSA) is 104 Å². The smallest absolute Gasteiger partial charge is 0.266 e. The first-order valence-electron chi connectivity index (χ1n) is 19.4. The fraction of sp³-hybridized carbons (Fsp3) is 0.921. The number of nitrogens with one attached hydrogen (secondary N) is 1. The fourth-order valence-corrected chi connectivity index (χ4v) is 6.80. The van der Waals surface area contributed by atoms with Gasteiger partial charge < -0.3 is 10.4 Å². The third-order valence-corrected chi connectivity index (χ3v) is 9.75. The molecule has 0 radical (unpaired) electrons. The lowest BCUT2D eigenvalue weighted by Crippen LogP contribution is -2.47. The van der Waals surface area contributed by atoms with Crippen molar-refractivity contribution >= 4 is 16.0 Å². The molecule has 0 aliphatic rings. The van der Waals surface area contributed by atoms with Crippen LogP contribution in [-0.4, -0.2) is 41.9 Å². The first-order chi connectivity index (χ1) is 21.8. The van der Waals surface area contributed by atoms with Gasteiger partial charge in [0, 0.05) is 6.42 Å². The molecule has 0 heterocycles. The summed E-state index contributed by atoms with van der Waals surface area (Å²) in [6.07, 6.45) is 38.7. The molecule has 7 heteroatoms. The van der Waals surface area contributed by atoms with Crippen molar-refractivity contribution in [2.75, 3.05) is 5.75 Å². The monoisotopic (exact) mass is 658 g/mol. The van der Waals surface area contributed by atoms with Crippen LogP contribution in [0.5, 0.6) is 0 Å². The van der Waals surface area contributed by atoms with E-state index in [0.717, 1.165) is 38.5 Å². The quantitative estimate of drug-likeness (QED) is 0.0357. The highest BCUT2D eigenvalue weighted by atomic mass is 32.2. The van der Waals surface area contributed by atoms with Crippen molar-refractivity contribution in [3.8, 4) is 0 Å². The van der Waals surface area contributed by atoms with Crippen molar-refractivity contribution in [1.82, 2.24) is 5.32 Å². The minimum atomic E-state index is -4.30. The molecule has 6 nitrogen and oxygen atoms in total. The Bertz CT molecular complexity index is 770. The molecule has 0 fully saturated rings. The molecule has 268 valence electrons. The lowest BCUT2D eigenvalue weighted by Gasteiger charge is -2.23. The summed E-state index contributed by atoms with van der Waals surface area (Å²) < 4.78 is 32.4. The van der Waals surface area contributed by atoms with E-state index in [0.29, 0.717) is 12.8 Å². The highest BCUT2D eigenvalue weighted by molar-refractivity contribution is 7.85. The zero-order valence-corrected chi connectivity index (χ0v) is 30.6. The average molecular weight is 658 g/mol. The summed E-state index contributed by atoms with van der Waals surface area (Å²) in [6.45, 7) is 4.51.